The average molecular weight is 329 g/mol. The number of benzene rings is 1. The lowest BCUT2D eigenvalue weighted by Crippen LogP contribution is -2.43. The van der Waals surface area contributed by atoms with Gasteiger partial charge in [0.25, 0.3) is 0 Å². The fourth-order valence-electron chi connectivity index (χ4n) is 3.34. The second kappa shape index (κ2) is 5.52. The van der Waals surface area contributed by atoms with E-state index in [2.05, 4.69) is 10.2 Å². The van der Waals surface area contributed by atoms with Crippen LogP contribution in [-0.4, -0.2) is 46.9 Å². The number of fused-ring (bicyclic) bond motifs is 1. The molecular formula is C17H19N3O4. The van der Waals surface area contributed by atoms with E-state index in [0.717, 1.165) is 39.0 Å². The summed E-state index contributed by atoms with van der Waals surface area (Å²) in [6.45, 7) is 3.23. The first-order valence-corrected chi connectivity index (χ1v) is 8.17. The molecule has 4 rings (SSSR count). The first-order chi connectivity index (χ1) is 11.6. The number of aromatic nitrogens is 1. The first kappa shape index (κ1) is 15.0. The number of rotatable bonds is 3. The summed E-state index contributed by atoms with van der Waals surface area (Å²) in [6, 6.07) is 3.47. The number of piperazine rings is 1. The molecule has 0 radical (unpaired) electrons. The monoisotopic (exact) mass is 329 g/mol. The Labute approximate surface area is 138 Å². The maximum Gasteiger partial charge on any atom is 0.341 e. The van der Waals surface area contributed by atoms with Crippen molar-refractivity contribution in [3.8, 4) is 5.75 Å². The predicted molar refractivity (Wildman–Crippen MR) is 90.2 cm³/mol. The van der Waals surface area contributed by atoms with Gasteiger partial charge in [-0.05, 0) is 25.0 Å². The zero-order valence-corrected chi connectivity index (χ0v) is 13.2. The van der Waals surface area contributed by atoms with E-state index in [1.165, 1.54) is 12.3 Å². The Morgan fingerprint density at radius 2 is 1.92 bits per heavy atom. The molecule has 0 bridgehead atoms. The summed E-state index contributed by atoms with van der Waals surface area (Å²) in [4.78, 5) is 25.9. The lowest BCUT2D eigenvalue weighted by atomic mass is 10.1. The van der Waals surface area contributed by atoms with Crippen molar-refractivity contribution in [2.24, 2.45) is 0 Å². The smallest absolute Gasteiger partial charge is 0.341 e. The maximum atomic E-state index is 12.5. The molecule has 24 heavy (non-hydrogen) atoms. The molecule has 2 aliphatic rings. The molecule has 1 saturated carbocycles. The van der Waals surface area contributed by atoms with Crippen LogP contribution in [0.15, 0.2) is 23.1 Å². The van der Waals surface area contributed by atoms with Crippen LogP contribution < -0.4 is 15.6 Å². The summed E-state index contributed by atoms with van der Waals surface area (Å²) in [5.74, 6) is -1.21. The number of nitrogens with one attached hydrogen (secondary N) is 1. The predicted octanol–water partition coefficient (Wildman–Crippen LogP) is 1.15. The topological polar surface area (TPSA) is 94.8 Å². The van der Waals surface area contributed by atoms with Gasteiger partial charge in [0.1, 0.15) is 11.3 Å². The van der Waals surface area contributed by atoms with E-state index in [0.29, 0.717) is 11.2 Å². The third-order valence-corrected chi connectivity index (χ3v) is 4.76. The van der Waals surface area contributed by atoms with Crippen molar-refractivity contribution in [3.63, 3.8) is 0 Å². The number of aromatic hydroxyl groups is 1. The Balaban J connectivity index is 1.95. The second-order valence-electron chi connectivity index (χ2n) is 6.41. The summed E-state index contributed by atoms with van der Waals surface area (Å²) in [7, 11) is 0. The lowest BCUT2D eigenvalue weighted by molar-refractivity contribution is 0.0695. The van der Waals surface area contributed by atoms with Crippen LogP contribution in [0.25, 0.3) is 10.9 Å². The molecule has 126 valence electrons. The van der Waals surface area contributed by atoms with Crippen molar-refractivity contribution in [1.29, 1.82) is 0 Å². The van der Waals surface area contributed by atoms with E-state index >= 15 is 0 Å². The number of phenols is 1. The van der Waals surface area contributed by atoms with Gasteiger partial charge in [-0.25, -0.2) is 4.79 Å². The molecule has 0 unspecified atom stereocenters. The van der Waals surface area contributed by atoms with E-state index < -0.39 is 11.4 Å². The van der Waals surface area contributed by atoms with Crippen molar-refractivity contribution >= 4 is 22.6 Å². The van der Waals surface area contributed by atoms with Gasteiger partial charge >= 0.3 is 5.97 Å². The Morgan fingerprint density at radius 3 is 2.54 bits per heavy atom. The molecule has 2 aromatic rings. The molecule has 1 aromatic carbocycles. The minimum atomic E-state index is -1.23. The largest absolute Gasteiger partial charge is 0.506 e. The maximum absolute atomic E-state index is 12.5. The highest BCUT2D eigenvalue weighted by Crippen LogP contribution is 2.39. The van der Waals surface area contributed by atoms with Crippen LogP contribution in [0.1, 0.15) is 29.2 Å². The number of carbonyl (C=O) groups is 1. The molecule has 3 N–H and O–H groups in total. The van der Waals surface area contributed by atoms with Crippen molar-refractivity contribution in [2.45, 2.75) is 18.9 Å². The van der Waals surface area contributed by atoms with Crippen molar-refractivity contribution in [3.05, 3.63) is 34.1 Å². The van der Waals surface area contributed by atoms with E-state index in [1.807, 2.05) is 10.6 Å². The van der Waals surface area contributed by atoms with E-state index in [4.69, 9.17) is 0 Å². The average Bonchev–Trinajstić information content (AvgIpc) is 3.40. The van der Waals surface area contributed by atoms with Gasteiger partial charge in [0.15, 0.2) is 0 Å². The summed E-state index contributed by atoms with van der Waals surface area (Å²) in [5, 5.41) is 23.2. The summed E-state index contributed by atoms with van der Waals surface area (Å²) in [6.07, 6.45) is 3.39. The molecule has 1 aliphatic carbocycles. The number of aromatic carboxylic acids is 1. The molecule has 7 heteroatoms. The Morgan fingerprint density at radius 1 is 1.21 bits per heavy atom. The molecule has 0 atom stereocenters. The lowest BCUT2D eigenvalue weighted by Gasteiger charge is -2.30. The van der Waals surface area contributed by atoms with Gasteiger partial charge < -0.3 is 25.0 Å². The Bertz CT molecular complexity index is 880. The molecule has 0 amide bonds. The van der Waals surface area contributed by atoms with Crippen molar-refractivity contribution in [1.82, 2.24) is 9.88 Å². The van der Waals surface area contributed by atoms with Crippen LogP contribution >= 0.6 is 0 Å². The number of pyridine rings is 1. The third kappa shape index (κ3) is 2.41. The molecule has 2 fully saturated rings. The van der Waals surface area contributed by atoms with Gasteiger partial charge in [0.05, 0.1) is 16.6 Å². The summed E-state index contributed by atoms with van der Waals surface area (Å²) >= 11 is 0. The van der Waals surface area contributed by atoms with E-state index in [1.54, 1.807) is 0 Å². The number of phenolic OH excluding ortho intramolecular Hbond substituents is 1. The van der Waals surface area contributed by atoms with Gasteiger partial charge in [0, 0.05) is 38.4 Å². The zero-order valence-electron chi connectivity index (χ0n) is 13.2. The fourth-order valence-corrected chi connectivity index (χ4v) is 3.34. The zero-order chi connectivity index (χ0) is 16.8. The third-order valence-electron chi connectivity index (χ3n) is 4.76. The summed E-state index contributed by atoms with van der Waals surface area (Å²) < 4.78 is 1.88. The molecule has 0 spiro atoms. The van der Waals surface area contributed by atoms with Gasteiger partial charge in [0.2, 0.25) is 5.43 Å². The highest BCUT2D eigenvalue weighted by atomic mass is 16.4. The highest BCUT2D eigenvalue weighted by molar-refractivity contribution is 5.94. The van der Waals surface area contributed by atoms with Crippen LogP contribution in [0.4, 0.5) is 5.69 Å². The fraction of sp³-hybridized carbons (Fsp3) is 0.412. The SMILES string of the molecule is O=C(O)c1cn(C2CC2)c2cc(N3CCNCC3)c(O)cc2c1=O. The molecule has 2 heterocycles. The minimum absolute atomic E-state index is 0.0198. The Hall–Kier alpha value is -2.54. The number of hydrogen-bond donors (Lipinski definition) is 3. The van der Waals surface area contributed by atoms with Gasteiger partial charge in [-0.3, -0.25) is 4.79 Å². The number of nitrogens with zero attached hydrogens (tertiary/aromatic N) is 2. The molecule has 1 aromatic heterocycles. The van der Waals surface area contributed by atoms with Crippen LogP contribution in [-0.2, 0) is 0 Å². The van der Waals surface area contributed by atoms with Gasteiger partial charge in [-0.15, -0.1) is 0 Å². The second-order valence-corrected chi connectivity index (χ2v) is 6.41. The minimum Gasteiger partial charge on any atom is -0.506 e. The molecule has 7 nitrogen and oxygen atoms in total. The standard InChI is InChI=1S/C17H19N3O4/c21-15-7-11-13(8-14(15)19-5-3-18-4-6-19)20(10-1-2-10)9-12(16(11)22)17(23)24/h7-10,18,21H,1-6H2,(H,23,24). The first-order valence-electron chi connectivity index (χ1n) is 8.17. The number of hydrogen-bond acceptors (Lipinski definition) is 5. The van der Waals surface area contributed by atoms with E-state index in [-0.39, 0.29) is 22.7 Å². The number of anilines is 1. The highest BCUT2D eigenvalue weighted by Gasteiger charge is 2.28. The molecular weight excluding hydrogens is 310 g/mol. The van der Waals surface area contributed by atoms with Crippen molar-refractivity contribution in [2.75, 3.05) is 31.1 Å². The van der Waals surface area contributed by atoms with Crippen LogP contribution in [0.3, 0.4) is 0 Å². The van der Waals surface area contributed by atoms with Crippen LogP contribution in [0.5, 0.6) is 5.75 Å². The van der Waals surface area contributed by atoms with Crippen LogP contribution in [0.2, 0.25) is 0 Å². The quantitative estimate of drug-likeness (QED) is 0.782. The number of carboxylic acid groups (broad SMARTS) is 1. The van der Waals surface area contributed by atoms with Crippen LogP contribution in [0, 0.1) is 0 Å². The molecule has 1 saturated heterocycles. The van der Waals surface area contributed by atoms with E-state index in [9.17, 15) is 19.8 Å². The number of carboxylic acids is 1. The van der Waals surface area contributed by atoms with Gasteiger partial charge in [-0.1, -0.05) is 0 Å². The molecule has 1 aliphatic heterocycles. The summed E-state index contributed by atoms with van der Waals surface area (Å²) in [5.41, 5.74) is 0.597. The van der Waals surface area contributed by atoms with Crippen molar-refractivity contribution < 1.29 is 15.0 Å². The van der Waals surface area contributed by atoms with Gasteiger partial charge in [-0.2, -0.15) is 0 Å². The Kier molecular flexibility index (Phi) is 3.45. The normalized spacial score (nSPS) is 18.1.